The molecular weight excluding hydrogens is 202 g/mol. The Morgan fingerprint density at radius 3 is 3.00 bits per heavy atom. The van der Waals surface area contributed by atoms with E-state index >= 15 is 0 Å². The number of ether oxygens (including phenoxy) is 1. The van der Waals surface area contributed by atoms with Crippen molar-refractivity contribution in [2.45, 2.75) is 25.8 Å². The minimum atomic E-state index is 0.248. The quantitative estimate of drug-likeness (QED) is 0.792. The number of pyridine rings is 1. The normalized spacial score (nSPS) is 16.9. The largest absolute Gasteiger partial charge is 0.493 e. The highest BCUT2D eigenvalue weighted by Gasteiger charge is 2.28. The van der Waals surface area contributed by atoms with Crippen molar-refractivity contribution in [2.75, 3.05) is 19.0 Å². The molecule has 1 fully saturated rings. The molecule has 2 rings (SSSR count). The van der Waals surface area contributed by atoms with E-state index in [0.29, 0.717) is 5.92 Å². The van der Waals surface area contributed by atoms with Gasteiger partial charge in [-0.2, -0.15) is 0 Å². The summed E-state index contributed by atoms with van der Waals surface area (Å²) in [4.78, 5) is 4.19. The van der Waals surface area contributed by atoms with Crippen molar-refractivity contribution < 1.29 is 4.74 Å². The van der Waals surface area contributed by atoms with Crippen molar-refractivity contribution in [3.05, 3.63) is 18.0 Å². The van der Waals surface area contributed by atoms with E-state index in [4.69, 9.17) is 10.5 Å². The average Bonchev–Trinajstić information content (AvgIpc) is 3.10. The summed E-state index contributed by atoms with van der Waals surface area (Å²) in [6, 6.07) is 2.23. The smallest absolute Gasteiger partial charge is 0.160 e. The summed E-state index contributed by atoms with van der Waals surface area (Å²) >= 11 is 0. The van der Waals surface area contributed by atoms with Crippen LogP contribution in [0.25, 0.3) is 0 Å². The van der Waals surface area contributed by atoms with Crippen molar-refractivity contribution in [2.24, 2.45) is 11.7 Å². The molecule has 1 saturated carbocycles. The molecule has 16 heavy (non-hydrogen) atoms. The molecule has 0 radical (unpaired) electrons. The zero-order valence-corrected chi connectivity index (χ0v) is 9.86. The molecule has 0 saturated heterocycles. The van der Waals surface area contributed by atoms with Gasteiger partial charge >= 0.3 is 0 Å². The Hall–Kier alpha value is -1.29. The maximum absolute atomic E-state index is 6.04. The van der Waals surface area contributed by atoms with Crippen molar-refractivity contribution in [1.82, 2.24) is 4.98 Å². The SMILES string of the molecule is COc1cnc(C)cc1NCC(N)C1CC1. The van der Waals surface area contributed by atoms with Gasteiger partial charge in [-0.25, -0.2) is 0 Å². The zero-order valence-electron chi connectivity index (χ0n) is 9.86. The van der Waals surface area contributed by atoms with Gasteiger partial charge in [0.15, 0.2) is 5.75 Å². The second-order valence-electron chi connectivity index (χ2n) is 4.41. The van der Waals surface area contributed by atoms with Crippen LogP contribution in [-0.2, 0) is 0 Å². The van der Waals surface area contributed by atoms with Gasteiger partial charge in [0.2, 0.25) is 0 Å². The first-order valence-corrected chi connectivity index (χ1v) is 5.71. The molecule has 1 aromatic rings. The van der Waals surface area contributed by atoms with E-state index in [1.165, 1.54) is 12.8 Å². The number of rotatable bonds is 5. The zero-order chi connectivity index (χ0) is 11.5. The van der Waals surface area contributed by atoms with Crippen LogP contribution < -0.4 is 15.8 Å². The Balaban J connectivity index is 1.98. The molecule has 1 unspecified atom stereocenters. The Morgan fingerprint density at radius 1 is 1.62 bits per heavy atom. The highest BCUT2D eigenvalue weighted by molar-refractivity contribution is 5.56. The van der Waals surface area contributed by atoms with Gasteiger partial charge in [0.05, 0.1) is 19.0 Å². The van der Waals surface area contributed by atoms with Crippen LogP contribution in [0.3, 0.4) is 0 Å². The topological polar surface area (TPSA) is 60.2 Å². The molecule has 4 heteroatoms. The number of nitrogens with two attached hydrogens (primary N) is 1. The van der Waals surface area contributed by atoms with Crippen molar-refractivity contribution >= 4 is 5.69 Å². The number of aryl methyl sites for hydroxylation is 1. The highest BCUT2D eigenvalue weighted by Crippen LogP contribution is 2.32. The lowest BCUT2D eigenvalue weighted by atomic mass is 10.2. The summed E-state index contributed by atoms with van der Waals surface area (Å²) in [6.45, 7) is 2.76. The minimum absolute atomic E-state index is 0.248. The van der Waals surface area contributed by atoms with Gasteiger partial charge in [0.25, 0.3) is 0 Å². The van der Waals surface area contributed by atoms with E-state index < -0.39 is 0 Å². The fraction of sp³-hybridized carbons (Fsp3) is 0.583. The van der Waals surface area contributed by atoms with Gasteiger partial charge in [0, 0.05) is 18.3 Å². The minimum Gasteiger partial charge on any atom is -0.493 e. The number of methoxy groups -OCH3 is 1. The van der Waals surface area contributed by atoms with Crippen LogP contribution in [-0.4, -0.2) is 24.7 Å². The molecule has 1 aromatic heterocycles. The maximum atomic E-state index is 6.04. The van der Waals surface area contributed by atoms with Crippen LogP contribution in [0.2, 0.25) is 0 Å². The fourth-order valence-electron chi connectivity index (χ4n) is 1.77. The van der Waals surface area contributed by atoms with E-state index in [-0.39, 0.29) is 6.04 Å². The second kappa shape index (κ2) is 4.70. The number of anilines is 1. The predicted molar refractivity (Wildman–Crippen MR) is 64.7 cm³/mol. The first kappa shape index (κ1) is 11.2. The Morgan fingerprint density at radius 2 is 2.38 bits per heavy atom. The Bertz CT molecular complexity index is 363. The number of nitrogens with one attached hydrogen (secondary N) is 1. The van der Waals surface area contributed by atoms with E-state index in [1.807, 2.05) is 13.0 Å². The van der Waals surface area contributed by atoms with Gasteiger partial charge < -0.3 is 15.8 Å². The van der Waals surface area contributed by atoms with Crippen LogP contribution in [0.15, 0.2) is 12.3 Å². The van der Waals surface area contributed by atoms with Crippen LogP contribution in [0.4, 0.5) is 5.69 Å². The van der Waals surface area contributed by atoms with E-state index in [2.05, 4.69) is 10.3 Å². The third-order valence-electron chi connectivity index (χ3n) is 2.98. The first-order valence-electron chi connectivity index (χ1n) is 5.71. The summed E-state index contributed by atoms with van der Waals surface area (Å²) in [6.07, 6.45) is 4.28. The molecule has 4 nitrogen and oxygen atoms in total. The molecule has 1 heterocycles. The monoisotopic (exact) mass is 221 g/mol. The molecule has 88 valence electrons. The average molecular weight is 221 g/mol. The lowest BCUT2D eigenvalue weighted by Gasteiger charge is -2.15. The summed E-state index contributed by atoms with van der Waals surface area (Å²) in [7, 11) is 1.65. The maximum Gasteiger partial charge on any atom is 0.160 e. The molecule has 1 atom stereocenters. The van der Waals surface area contributed by atoms with Crippen LogP contribution in [0, 0.1) is 12.8 Å². The lowest BCUT2D eigenvalue weighted by molar-refractivity contribution is 0.414. The molecule has 0 aliphatic heterocycles. The molecule has 1 aliphatic carbocycles. The summed E-state index contributed by atoms with van der Waals surface area (Å²) in [5.41, 5.74) is 7.99. The van der Waals surface area contributed by atoms with Gasteiger partial charge in [-0.3, -0.25) is 4.98 Å². The van der Waals surface area contributed by atoms with Crippen molar-refractivity contribution in [3.8, 4) is 5.75 Å². The van der Waals surface area contributed by atoms with Crippen LogP contribution in [0.1, 0.15) is 18.5 Å². The molecular formula is C12H19N3O. The third kappa shape index (κ3) is 2.64. The number of aromatic nitrogens is 1. The molecule has 0 aromatic carbocycles. The van der Waals surface area contributed by atoms with Crippen LogP contribution >= 0.6 is 0 Å². The summed E-state index contributed by atoms with van der Waals surface area (Å²) in [5, 5.41) is 3.34. The third-order valence-corrected chi connectivity index (χ3v) is 2.98. The highest BCUT2D eigenvalue weighted by atomic mass is 16.5. The first-order chi connectivity index (χ1) is 7.70. The molecule has 3 N–H and O–H groups in total. The van der Waals surface area contributed by atoms with Crippen molar-refractivity contribution in [1.29, 1.82) is 0 Å². The van der Waals surface area contributed by atoms with Gasteiger partial charge in [-0.1, -0.05) is 0 Å². The molecule has 0 spiro atoms. The Kier molecular flexibility index (Phi) is 3.29. The Labute approximate surface area is 96.2 Å². The number of hydrogen-bond donors (Lipinski definition) is 2. The van der Waals surface area contributed by atoms with Gasteiger partial charge in [-0.15, -0.1) is 0 Å². The van der Waals surface area contributed by atoms with E-state index in [1.54, 1.807) is 13.3 Å². The standard InChI is InChI=1S/C12H19N3O/c1-8-5-11(12(16-2)7-14-8)15-6-10(13)9-3-4-9/h5,7,9-10H,3-4,6,13H2,1-2H3,(H,14,15). The predicted octanol–water partition coefficient (Wildman–Crippen LogP) is 1.55. The number of hydrogen-bond acceptors (Lipinski definition) is 4. The molecule has 0 bridgehead atoms. The molecule has 0 amide bonds. The number of nitrogens with zero attached hydrogens (tertiary/aromatic N) is 1. The van der Waals surface area contributed by atoms with Crippen LogP contribution in [0.5, 0.6) is 5.75 Å². The lowest BCUT2D eigenvalue weighted by Crippen LogP contribution is -2.31. The van der Waals surface area contributed by atoms with E-state index in [0.717, 1.165) is 23.7 Å². The molecule has 1 aliphatic rings. The van der Waals surface area contributed by atoms with E-state index in [9.17, 15) is 0 Å². The van der Waals surface area contributed by atoms with Crippen molar-refractivity contribution in [3.63, 3.8) is 0 Å². The fourth-order valence-corrected chi connectivity index (χ4v) is 1.77. The summed E-state index contributed by atoms with van der Waals surface area (Å²) in [5.74, 6) is 1.48. The van der Waals surface area contributed by atoms with Gasteiger partial charge in [0.1, 0.15) is 0 Å². The summed E-state index contributed by atoms with van der Waals surface area (Å²) < 4.78 is 5.24. The second-order valence-corrected chi connectivity index (χ2v) is 4.41. The van der Waals surface area contributed by atoms with Gasteiger partial charge in [-0.05, 0) is 31.7 Å².